The summed E-state index contributed by atoms with van der Waals surface area (Å²) in [5, 5.41) is 9.71. The maximum Gasteiger partial charge on any atom is 0.259 e. The summed E-state index contributed by atoms with van der Waals surface area (Å²) in [6.45, 7) is 1.87. The standard InChI is InChI=1S/C17H14N4O3S/c1-10-3-4-11(7-18)5-13(10)14-6-12-8-19-15(9-25(23)24)20-16(12)21(2)17(14)22/h3-6,8,25H,9H2,1-2H3. The molecule has 0 fully saturated rings. The molecule has 3 rings (SSSR count). The van der Waals surface area contributed by atoms with Crippen molar-refractivity contribution in [3.8, 4) is 17.2 Å². The van der Waals surface area contributed by atoms with Crippen LogP contribution < -0.4 is 5.56 Å². The van der Waals surface area contributed by atoms with Crippen molar-refractivity contribution in [3.63, 3.8) is 0 Å². The molecule has 25 heavy (non-hydrogen) atoms. The number of aromatic nitrogens is 3. The first-order chi connectivity index (χ1) is 11.9. The predicted molar refractivity (Wildman–Crippen MR) is 93.7 cm³/mol. The average Bonchev–Trinajstić information content (AvgIpc) is 2.58. The summed E-state index contributed by atoms with van der Waals surface area (Å²) >= 11 is 0. The molecule has 8 heteroatoms. The zero-order valence-electron chi connectivity index (χ0n) is 13.6. The number of pyridine rings is 1. The van der Waals surface area contributed by atoms with E-state index in [-0.39, 0.29) is 17.1 Å². The topological polar surface area (TPSA) is 106 Å². The lowest BCUT2D eigenvalue weighted by molar-refractivity contribution is 0.612. The highest BCUT2D eigenvalue weighted by Gasteiger charge is 2.13. The largest absolute Gasteiger partial charge is 0.295 e. The minimum absolute atomic E-state index is 0.147. The van der Waals surface area contributed by atoms with Crippen LogP contribution in [-0.4, -0.2) is 23.0 Å². The fourth-order valence-electron chi connectivity index (χ4n) is 2.65. The number of thiol groups is 1. The number of rotatable bonds is 3. The molecule has 0 saturated carbocycles. The van der Waals surface area contributed by atoms with E-state index in [0.29, 0.717) is 27.7 Å². The fraction of sp³-hybridized carbons (Fsp3) is 0.176. The third-order valence-corrected chi connectivity index (χ3v) is 4.47. The first-order valence-corrected chi connectivity index (χ1v) is 8.75. The molecule has 2 aromatic heterocycles. The second kappa shape index (κ2) is 6.45. The summed E-state index contributed by atoms with van der Waals surface area (Å²) in [5.41, 5.74) is 2.54. The lowest BCUT2D eigenvalue weighted by Crippen LogP contribution is -2.20. The van der Waals surface area contributed by atoms with Gasteiger partial charge < -0.3 is 0 Å². The first kappa shape index (κ1) is 16.8. The Balaban J connectivity index is 2.27. The van der Waals surface area contributed by atoms with Crippen LogP contribution in [0.2, 0.25) is 0 Å². The van der Waals surface area contributed by atoms with E-state index in [0.717, 1.165) is 5.56 Å². The van der Waals surface area contributed by atoms with Crippen molar-refractivity contribution in [2.24, 2.45) is 7.05 Å². The Morgan fingerprint density at radius 2 is 2.00 bits per heavy atom. The summed E-state index contributed by atoms with van der Waals surface area (Å²) in [5.74, 6) is -0.126. The van der Waals surface area contributed by atoms with Gasteiger partial charge in [0.05, 0.1) is 11.6 Å². The van der Waals surface area contributed by atoms with Crippen LogP contribution in [0.4, 0.5) is 0 Å². The van der Waals surface area contributed by atoms with Crippen LogP contribution in [0.15, 0.2) is 35.3 Å². The second-order valence-electron chi connectivity index (χ2n) is 5.62. The fourth-order valence-corrected chi connectivity index (χ4v) is 3.03. The van der Waals surface area contributed by atoms with E-state index in [9.17, 15) is 13.2 Å². The zero-order valence-corrected chi connectivity index (χ0v) is 14.4. The van der Waals surface area contributed by atoms with Crippen molar-refractivity contribution < 1.29 is 8.42 Å². The Labute approximate surface area is 145 Å². The number of aryl methyl sites for hydroxylation is 2. The molecule has 0 bridgehead atoms. The molecule has 0 amide bonds. The van der Waals surface area contributed by atoms with Gasteiger partial charge in [-0.3, -0.25) is 9.36 Å². The Morgan fingerprint density at radius 1 is 1.24 bits per heavy atom. The van der Waals surface area contributed by atoms with E-state index in [4.69, 9.17) is 5.26 Å². The number of hydrogen-bond donors (Lipinski definition) is 1. The van der Waals surface area contributed by atoms with Gasteiger partial charge in [-0.05, 0) is 36.2 Å². The van der Waals surface area contributed by atoms with E-state index < -0.39 is 10.7 Å². The molecule has 126 valence electrons. The quantitative estimate of drug-likeness (QED) is 0.711. The highest BCUT2D eigenvalue weighted by molar-refractivity contribution is 7.71. The average molecular weight is 354 g/mol. The van der Waals surface area contributed by atoms with Crippen LogP contribution in [0.25, 0.3) is 22.2 Å². The SMILES string of the molecule is Cc1ccc(C#N)cc1-c1cc2cnc(C[SH](=O)=O)nc2n(C)c1=O. The van der Waals surface area contributed by atoms with Crippen LogP contribution >= 0.6 is 0 Å². The second-order valence-corrected chi connectivity index (χ2v) is 6.60. The maximum atomic E-state index is 12.8. The number of nitriles is 1. The lowest BCUT2D eigenvalue weighted by Gasteiger charge is -2.11. The van der Waals surface area contributed by atoms with E-state index in [1.807, 2.05) is 6.92 Å². The Bertz CT molecular complexity index is 1160. The Hall–Kier alpha value is -3.05. The third kappa shape index (κ3) is 3.14. The van der Waals surface area contributed by atoms with Crippen LogP contribution in [0.1, 0.15) is 17.0 Å². The van der Waals surface area contributed by atoms with Gasteiger partial charge >= 0.3 is 0 Å². The molecule has 1 aromatic carbocycles. The number of hydrogen-bond acceptors (Lipinski definition) is 6. The van der Waals surface area contributed by atoms with Crippen LogP contribution in [0.5, 0.6) is 0 Å². The van der Waals surface area contributed by atoms with Gasteiger partial charge in [-0.1, -0.05) is 6.07 Å². The molecule has 7 nitrogen and oxygen atoms in total. The Morgan fingerprint density at radius 3 is 2.68 bits per heavy atom. The number of benzene rings is 1. The highest BCUT2D eigenvalue weighted by Crippen LogP contribution is 2.24. The molecule has 0 aliphatic rings. The minimum atomic E-state index is -2.64. The minimum Gasteiger partial charge on any atom is -0.295 e. The Kier molecular flexibility index (Phi) is 4.33. The van der Waals surface area contributed by atoms with Crippen molar-refractivity contribution in [3.05, 3.63) is 57.8 Å². The van der Waals surface area contributed by atoms with E-state index in [1.165, 1.54) is 10.8 Å². The summed E-state index contributed by atoms with van der Waals surface area (Å²) in [6.07, 6.45) is 1.50. The molecule has 0 radical (unpaired) electrons. The molecular formula is C17H14N4O3S. The van der Waals surface area contributed by atoms with Gasteiger partial charge in [0.1, 0.15) is 27.9 Å². The molecule has 0 aliphatic carbocycles. The lowest BCUT2D eigenvalue weighted by atomic mass is 9.99. The van der Waals surface area contributed by atoms with Gasteiger partial charge in [0.25, 0.3) is 5.56 Å². The zero-order chi connectivity index (χ0) is 18.1. The molecule has 3 aromatic rings. The monoisotopic (exact) mass is 354 g/mol. The van der Waals surface area contributed by atoms with Crippen molar-refractivity contribution in [1.29, 1.82) is 5.26 Å². The van der Waals surface area contributed by atoms with Gasteiger partial charge in [0.15, 0.2) is 0 Å². The van der Waals surface area contributed by atoms with Crippen molar-refractivity contribution >= 4 is 21.7 Å². The van der Waals surface area contributed by atoms with Gasteiger partial charge in [0.2, 0.25) is 0 Å². The normalized spacial score (nSPS) is 11.0. The van der Waals surface area contributed by atoms with E-state index >= 15 is 0 Å². The van der Waals surface area contributed by atoms with Gasteiger partial charge in [-0.25, -0.2) is 18.4 Å². The summed E-state index contributed by atoms with van der Waals surface area (Å²) in [4.78, 5) is 21.0. The smallest absolute Gasteiger partial charge is 0.259 e. The van der Waals surface area contributed by atoms with Crippen LogP contribution in [0.3, 0.4) is 0 Å². The molecule has 0 N–H and O–H groups in total. The van der Waals surface area contributed by atoms with Crippen molar-refractivity contribution in [2.75, 3.05) is 0 Å². The highest BCUT2D eigenvalue weighted by atomic mass is 32.2. The maximum absolute atomic E-state index is 12.8. The van der Waals surface area contributed by atoms with Crippen molar-refractivity contribution in [1.82, 2.24) is 14.5 Å². The summed E-state index contributed by atoms with van der Waals surface area (Å²) in [6, 6.07) is 8.91. The molecular weight excluding hydrogens is 340 g/mol. The van der Waals surface area contributed by atoms with E-state index in [1.54, 1.807) is 31.3 Å². The molecule has 0 spiro atoms. The molecule has 0 atom stereocenters. The number of fused-ring (bicyclic) bond motifs is 1. The molecule has 0 aliphatic heterocycles. The summed E-state index contributed by atoms with van der Waals surface area (Å²) < 4.78 is 23.1. The molecule has 0 saturated heterocycles. The van der Waals surface area contributed by atoms with Gasteiger partial charge in [0, 0.05) is 24.2 Å². The third-order valence-electron chi connectivity index (χ3n) is 3.93. The number of nitrogens with zero attached hydrogens (tertiary/aromatic N) is 4. The van der Waals surface area contributed by atoms with Gasteiger partial charge in [-0.15, -0.1) is 0 Å². The van der Waals surface area contributed by atoms with Crippen molar-refractivity contribution in [2.45, 2.75) is 12.7 Å². The van der Waals surface area contributed by atoms with Crippen LogP contribution in [0, 0.1) is 18.3 Å². The predicted octanol–water partition coefficient (Wildman–Crippen LogP) is 1.29. The summed E-state index contributed by atoms with van der Waals surface area (Å²) in [7, 11) is -1.07. The molecule has 2 heterocycles. The van der Waals surface area contributed by atoms with Crippen LogP contribution in [-0.2, 0) is 23.5 Å². The van der Waals surface area contributed by atoms with Gasteiger partial charge in [-0.2, -0.15) is 5.26 Å². The molecule has 0 unspecified atom stereocenters. The van der Waals surface area contributed by atoms with E-state index in [2.05, 4.69) is 16.0 Å². The first-order valence-electron chi connectivity index (χ1n) is 7.39.